The Morgan fingerprint density at radius 2 is 1.93 bits per heavy atom. The highest BCUT2D eigenvalue weighted by Gasteiger charge is 2.12. The van der Waals surface area contributed by atoms with Crippen molar-refractivity contribution in [2.24, 2.45) is 0 Å². The van der Waals surface area contributed by atoms with E-state index < -0.39 is 17.2 Å². The molecule has 1 aromatic carbocycles. The Bertz CT molecular complexity index is 437. The molecule has 1 aliphatic heterocycles. The standard InChI is InChI=1S/C11H8F2N2/c12-10-4-8(7-15-2-1-3-15)5-11(13)9(10)6-14/h1-2,4-5H,3,7H2. The summed E-state index contributed by atoms with van der Waals surface area (Å²) in [6.07, 6.45) is 3.81. The number of hydrogen-bond acceptors (Lipinski definition) is 2. The third-order valence-corrected chi connectivity index (χ3v) is 2.26. The lowest BCUT2D eigenvalue weighted by molar-refractivity contribution is 0.366. The molecule has 0 amide bonds. The topological polar surface area (TPSA) is 27.0 Å². The van der Waals surface area contributed by atoms with Gasteiger partial charge in [0.05, 0.1) is 0 Å². The van der Waals surface area contributed by atoms with Gasteiger partial charge in [0.1, 0.15) is 23.3 Å². The highest BCUT2D eigenvalue weighted by molar-refractivity contribution is 5.35. The number of nitriles is 1. The van der Waals surface area contributed by atoms with E-state index in [2.05, 4.69) is 0 Å². The van der Waals surface area contributed by atoms with Crippen LogP contribution in [-0.4, -0.2) is 11.4 Å². The van der Waals surface area contributed by atoms with Gasteiger partial charge in [-0.15, -0.1) is 0 Å². The van der Waals surface area contributed by atoms with Crippen LogP contribution < -0.4 is 0 Å². The fourth-order valence-corrected chi connectivity index (χ4v) is 1.43. The van der Waals surface area contributed by atoms with E-state index in [1.54, 1.807) is 0 Å². The van der Waals surface area contributed by atoms with Gasteiger partial charge >= 0.3 is 0 Å². The molecule has 0 radical (unpaired) electrons. The number of nitrogens with zero attached hydrogens (tertiary/aromatic N) is 2. The first-order valence-electron chi connectivity index (χ1n) is 4.49. The molecule has 1 aliphatic rings. The summed E-state index contributed by atoms with van der Waals surface area (Å²) < 4.78 is 26.4. The molecule has 0 aromatic heterocycles. The van der Waals surface area contributed by atoms with E-state index >= 15 is 0 Å². The monoisotopic (exact) mass is 206 g/mol. The van der Waals surface area contributed by atoms with Crippen LogP contribution in [0.5, 0.6) is 0 Å². The average molecular weight is 206 g/mol. The zero-order valence-corrected chi connectivity index (χ0v) is 7.87. The molecule has 2 rings (SSSR count). The second-order valence-corrected chi connectivity index (χ2v) is 3.36. The van der Waals surface area contributed by atoms with Gasteiger partial charge in [-0.1, -0.05) is 0 Å². The quantitative estimate of drug-likeness (QED) is 0.741. The lowest BCUT2D eigenvalue weighted by Crippen LogP contribution is -2.23. The fraction of sp³-hybridized carbons (Fsp3) is 0.182. The van der Waals surface area contributed by atoms with Crippen LogP contribution in [0.4, 0.5) is 8.78 Å². The lowest BCUT2D eigenvalue weighted by atomic mass is 10.1. The van der Waals surface area contributed by atoms with Crippen LogP contribution in [0.2, 0.25) is 0 Å². The van der Waals surface area contributed by atoms with Gasteiger partial charge in [-0.2, -0.15) is 5.26 Å². The molecule has 0 aliphatic carbocycles. The van der Waals surface area contributed by atoms with Crippen molar-refractivity contribution >= 4 is 0 Å². The lowest BCUT2D eigenvalue weighted by Gasteiger charge is -2.25. The maximum Gasteiger partial charge on any atom is 0.144 e. The van der Waals surface area contributed by atoms with Crippen LogP contribution in [-0.2, 0) is 6.54 Å². The number of rotatable bonds is 2. The van der Waals surface area contributed by atoms with Crippen molar-refractivity contribution in [1.29, 1.82) is 5.26 Å². The molecular formula is C11H8F2N2. The van der Waals surface area contributed by atoms with Crippen molar-refractivity contribution in [3.05, 3.63) is 47.2 Å². The predicted octanol–water partition coefficient (Wildman–Crippen LogP) is 2.17. The largest absolute Gasteiger partial charge is 0.370 e. The third kappa shape index (κ3) is 1.82. The fourth-order valence-electron chi connectivity index (χ4n) is 1.43. The summed E-state index contributed by atoms with van der Waals surface area (Å²) >= 11 is 0. The molecule has 0 unspecified atom stereocenters. The summed E-state index contributed by atoms with van der Waals surface area (Å²) in [5.74, 6) is -1.59. The van der Waals surface area contributed by atoms with E-state index in [4.69, 9.17) is 5.26 Å². The molecule has 15 heavy (non-hydrogen) atoms. The maximum atomic E-state index is 13.2. The van der Waals surface area contributed by atoms with E-state index in [0.29, 0.717) is 12.1 Å². The smallest absolute Gasteiger partial charge is 0.144 e. The van der Waals surface area contributed by atoms with Crippen LogP contribution in [0.3, 0.4) is 0 Å². The minimum atomic E-state index is -0.794. The second kappa shape index (κ2) is 3.70. The van der Waals surface area contributed by atoms with Crippen LogP contribution in [0, 0.1) is 23.0 Å². The summed E-state index contributed by atoms with van der Waals surface area (Å²) in [4.78, 5) is 1.92. The molecule has 1 aromatic rings. The summed E-state index contributed by atoms with van der Waals surface area (Å²) in [5.41, 5.74) is 0.0197. The van der Waals surface area contributed by atoms with Gasteiger partial charge in [0, 0.05) is 13.1 Å². The van der Waals surface area contributed by atoms with Gasteiger partial charge in [-0.05, 0) is 30.0 Å². The Kier molecular flexibility index (Phi) is 2.38. The average Bonchev–Trinajstić information content (AvgIpc) is 2.11. The first-order chi connectivity index (χ1) is 7.20. The molecule has 4 heteroatoms. The van der Waals surface area contributed by atoms with Crippen LogP contribution in [0.1, 0.15) is 11.1 Å². The van der Waals surface area contributed by atoms with Gasteiger partial charge in [0.2, 0.25) is 0 Å². The van der Waals surface area contributed by atoms with Crippen LogP contribution in [0.15, 0.2) is 24.4 Å². The zero-order valence-electron chi connectivity index (χ0n) is 7.87. The van der Waals surface area contributed by atoms with Gasteiger partial charge in [0.15, 0.2) is 0 Å². The zero-order chi connectivity index (χ0) is 10.8. The molecule has 0 saturated carbocycles. The third-order valence-electron chi connectivity index (χ3n) is 2.26. The van der Waals surface area contributed by atoms with E-state index in [-0.39, 0.29) is 0 Å². The second-order valence-electron chi connectivity index (χ2n) is 3.36. The van der Waals surface area contributed by atoms with Gasteiger partial charge in [0.25, 0.3) is 0 Å². The highest BCUT2D eigenvalue weighted by atomic mass is 19.1. The Hall–Kier alpha value is -1.89. The Balaban J connectivity index is 2.27. The predicted molar refractivity (Wildman–Crippen MR) is 50.6 cm³/mol. The number of hydrogen-bond donors (Lipinski definition) is 0. The first kappa shape index (κ1) is 9.66. The van der Waals surface area contributed by atoms with E-state index in [1.807, 2.05) is 17.2 Å². The van der Waals surface area contributed by atoms with Crippen molar-refractivity contribution < 1.29 is 8.78 Å². The van der Waals surface area contributed by atoms with Crippen molar-refractivity contribution in [2.45, 2.75) is 6.54 Å². The molecule has 2 nitrogen and oxygen atoms in total. The highest BCUT2D eigenvalue weighted by Crippen LogP contribution is 2.17. The normalized spacial score (nSPS) is 13.5. The molecule has 0 fully saturated rings. The molecule has 0 bridgehead atoms. The molecule has 0 N–H and O–H groups in total. The molecule has 0 atom stereocenters. The minimum absolute atomic E-state index is 0.468. The number of halogens is 2. The van der Waals surface area contributed by atoms with E-state index in [9.17, 15) is 8.78 Å². The van der Waals surface area contributed by atoms with Gasteiger partial charge < -0.3 is 4.90 Å². The molecule has 1 heterocycles. The van der Waals surface area contributed by atoms with E-state index in [1.165, 1.54) is 18.2 Å². The SMILES string of the molecule is N#Cc1c(F)cc(CN2C=CC2)cc1F. The van der Waals surface area contributed by atoms with Crippen molar-refractivity contribution in [2.75, 3.05) is 6.54 Å². The van der Waals surface area contributed by atoms with Crippen LogP contribution >= 0.6 is 0 Å². The van der Waals surface area contributed by atoms with E-state index in [0.717, 1.165) is 6.54 Å². The molecule has 0 saturated heterocycles. The summed E-state index contributed by atoms with van der Waals surface area (Å²) in [6.45, 7) is 1.26. The first-order valence-corrected chi connectivity index (χ1v) is 4.49. The minimum Gasteiger partial charge on any atom is -0.370 e. The van der Waals surface area contributed by atoms with Crippen molar-refractivity contribution in [3.63, 3.8) is 0 Å². The summed E-state index contributed by atoms with van der Waals surface area (Å²) in [6, 6.07) is 3.90. The van der Waals surface area contributed by atoms with Crippen molar-refractivity contribution in [3.8, 4) is 6.07 Å². The Labute approximate surface area is 86.0 Å². The van der Waals surface area contributed by atoms with Gasteiger partial charge in [-0.25, -0.2) is 8.78 Å². The summed E-state index contributed by atoms with van der Waals surface area (Å²) in [7, 11) is 0. The maximum absolute atomic E-state index is 13.2. The van der Waals surface area contributed by atoms with Crippen LogP contribution in [0.25, 0.3) is 0 Å². The van der Waals surface area contributed by atoms with Gasteiger partial charge in [-0.3, -0.25) is 0 Å². The molecular weight excluding hydrogens is 198 g/mol. The van der Waals surface area contributed by atoms with Crippen molar-refractivity contribution in [1.82, 2.24) is 4.90 Å². The molecule has 76 valence electrons. The number of benzene rings is 1. The molecule has 0 spiro atoms. The Morgan fingerprint density at radius 1 is 1.33 bits per heavy atom. The Morgan fingerprint density at radius 3 is 2.33 bits per heavy atom. The summed E-state index contributed by atoms with van der Waals surface area (Å²) in [5, 5.41) is 8.48.